The Labute approximate surface area is 171 Å². The topological polar surface area (TPSA) is 66.0 Å². The van der Waals surface area contributed by atoms with Gasteiger partial charge in [0.25, 0.3) is 0 Å². The average molecular weight is 402 g/mol. The van der Waals surface area contributed by atoms with E-state index in [4.69, 9.17) is 18.9 Å². The Bertz CT molecular complexity index is 878. The molecule has 4 rings (SSSR count). The van der Waals surface area contributed by atoms with Crippen LogP contribution in [-0.2, 0) is 13.1 Å². The van der Waals surface area contributed by atoms with Crippen molar-refractivity contribution in [3.63, 3.8) is 0 Å². The molecular formula is C22H30N2O5+2. The highest BCUT2D eigenvalue weighted by atomic mass is 16.7. The zero-order valence-electron chi connectivity index (χ0n) is 17.3. The molecule has 2 aliphatic heterocycles. The third-order valence-corrected chi connectivity index (χ3v) is 5.96. The van der Waals surface area contributed by atoms with Crippen molar-refractivity contribution in [3.05, 3.63) is 41.0 Å². The molecule has 0 spiro atoms. The van der Waals surface area contributed by atoms with Gasteiger partial charge >= 0.3 is 0 Å². The fraction of sp³-hybridized carbons (Fsp3) is 0.455. The molecule has 2 aliphatic rings. The lowest BCUT2D eigenvalue weighted by atomic mass is 10.1. The van der Waals surface area contributed by atoms with E-state index in [1.165, 1.54) is 16.0 Å². The molecule has 0 radical (unpaired) electrons. The second kappa shape index (κ2) is 8.39. The van der Waals surface area contributed by atoms with Crippen molar-refractivity contribution in [2.45, 2.75) is 20.0 Å². The van der Waals surface area contributed by atoms with E-state index in [0.29, 0.717) is 5.75 Å². The summed E-state index contributed by atoms with van der Waals surface area (Å²) in [5, 5.41) is 10.3. The number of rotatable bonds is 6. The summed E-state index contributed by atoms with van der Waals surface area (Å²) in [6.45, 7) is 8.44. The van der Waals surface area contributed by atoms with Crippen molar-refractivity contribution in [1.29, 1.82) is 0 Å². The summed E-state index contributed by atoms with van der Waals surface area (Å²) in [5.74, 6) is 3.21. The number of phenols is 1. The van der Waals surface area contributed by atoms with Crippen LogP contribution < -0.4 is 28.7 Å². The highest BCUT2D eigenvalue weighted by Crippen LogP contribution is 2.37. The number of hydrogen-bond acceptors (Lipinski definition) is 5. The van der Waals surface area contributed by atoms with Gasteiger partial charge in [0, 0.05) is 11.6 Å². The van der Waals surface area contributed by atoms with E-state index < -0.39 is 0 Å². The van der Waals surface area contributed by atoms with Gasteiger partial charge < -0.3 is 33.9 Å². The van der Waals surface area contributed by atoms with E-state index in [1.807, 2.05) is 6.07 Å². The average Bonchev–Trinajstić information content (AvgIpc) is 3.17. The number of aromatic hydroxyl groups is 1. The number of hydrogen-bond donors (Lipinski definition) is 3. The highest BCUT2D eigenvalue weighted by Gasteiger charge is 2.26. The zero-order chi connectivity index (χ0) is 20.4. The van der Waals surface area contributed by atoms with E-state index in [-0.39, 0.29) is 12.5 Å². The van der Waals surface area contributed by atoms with Crippen LogP contribution in [0.3, 0.4) is 0 Å². The molecule has 0 saturated carbocycles. The number of fused-ring (bicyclic) bond motifs is 1. The molecule has 7 nitrogen and oxygen atoms in total. The van der Waals surface area contributed by atoms with Crippen molar-refractivity contribution in [2.75, 3.05) is 47.2 Å². The quantitative estimate of drug-likeness (QED) is 0.631. The number of nitrogens with one attached hydrogen (secondary N) is 2. The first kappa shape index (κ1) is 19.7. The summed E-state index contributed by atoms with van der Waals surface area (Å²) >= 11 is 0. The van der Waals surface area contributed by atoms with Gasteiger partial charge in [-0.1, -0.05) is 0 Å². The maximum atomic E-state index is 10.3. The fourth-order valence-corrected chi connectivity index (χ4v) is 4.18. The Hall–Kier alpha value is -2.64. The zero-order valence-corrected chi connectivity index (χ0v) is 17.3. The van der Waals surface area contributed by atoms with Crippen molar-refractivity contribution in [1.82, 2.24) is 0 Å². The van der Waals surface area contributed by atoms with Gasteiger partial charge in [0.1, 0.15) is 45.0 Å². The molecule has 0 atom stereocenters. The number of piperazine rings is 1. The first-order valence-corrected chi connectivity index (χ1v) is 10.1. The third kappa shape index (κ3) is 4.21. The molecule has 1 saturated heterocycles. The molecule has 156 valence electrons. The lowest BCUT2D eigenvalue weighted by Gasteiger charge is -2.30. The normalized spacial score (nSPS) is 20.5. The molecule has 7 heteroatoms. The summed E-state index contributed by atoms with van der Waals surface area (Å²) < 4.78 is 21.6. The van der Waals surface area contributed by atoms with Crippen LogP contribution in [0.15, 0.2) is 24.3 Å². The van der Waals surface area contributed by atoms with Crippen LogP contribution in [0.2, 0.25) is 0 Å². The minimum atomic E-state index is 0.225. The van der Waals surface area contributed by atoms with Gasteiger partial charge in [-0.15, -0.1) is 0 Å². The van der Waals surface area contributed by atoms with E-state index in [1.54, 1.807) is 25.2 Å². The number of methoxy groups -OCH3 is 2. The molecular weight excluding hydrogens is 372 g/mol. The Kier molecular flexibility index (Phi) is 5.69. The summed E-state index contributed by atoms with van der Waals surface area (Å²) in [6.07, 6.45) is 0. The SMILES string of the molecule is COc1cc(C)c(C[NH+]2CC[NH+](Cc3cc4c(cc3O)OCO4)CC2)cc1OC. The van der Waals surface area contributed by atoms with E-state index >= 15 is 0 Å². The number of aryl methyl sites for hydroxylation is 1. The van der Waals surface area contributed by atoms with E-state index in [9.17, 15) is 5.11 Å². The molecule has 0 aromatic heterocycles. The Balaban J connectivity index is 1.36. The van der Waals surface area contributed by atoms with Crippen LogP contribution in [0.1, 0.15) is 16.7 Å². The van der Waals surface area contributed by atoms with Crippen LogP contribution in [-0.4, -0.2) is 52.3 Å². The number of benzene rings is 2. The van der Waals surface area contributed by atoms with Crippen molar-refractivity contribution >= 4 is 0 Å². The molecule has 29 heavy (non-hydrogen) atoms. The second-order valence-corrected chi connectivity index (χ2v) is 7.82. The molecule has 0 unspecified atom stereocenters. The standard InChI is InChI=1S/C22H28N2O5/c1-15-8-19(26-2)20(27-3)9-16(15)12-23-4-6-24(7-5-23)13-17-10-21-22(11-18(17)25)29-14-28-21/h8-11,25H,4-7,12-14H2,1-3H3/p+2. The maximum absolute atomic E-state index is 10.3. The number of quaternary nitrogens is 2. The van der Waals surface area contributed by atoms with E-state index in [2.05, 4.69) is 19.1 Å². The smallest absolute Gasteiger partial charge is 0.231 e. The van der Waals surface area contributed by atoms with Gasteiger partial charge in [-0.2, -0.15) is 0 Å². The summed E-state index contributed by atoms with van der Waals surface area (Å²) in [6, 6.07) is 7.73. The van der Waals surface area contributed by atoms with Gasteiger partial charge in [0.2, 0.25) is 6.79 Å². The van der Waals surface area contributed by atoms with Crippen LogP contribution in [0.5, 0.6) is 28.7 Å². The van der Waals surface area contributed by atoms with Crippen molar-refractivity contribution in [2.24, 2.45) is 0 Å². The van der Waals surface area contributed by atoms with Crippen molar-refractivity contribution < 1.29 is 33.9 Å². The van der Waals surface area contributed by atoms with Crippen LogP contribution in [0.25, 0.3) is 0 Å². The molecule has 2 aromatic carbocycles. The molecule has 2 aromatic rings. The first-order valence-electron chi connectivity index (χ1n) is 10.1. The summed E-state index contributed by atoms with van der Waals surface area (Å²) in [5.41, 5.74) is 3.45. The van der Waals surface area contributed by atoms with Gasteiger partial charge in [-0.25, -0.2) is 0 Å². The minimum absolute atomic E-state index is 0.225. The third-order valence-electron chi connectivity index (χ3n) is 5.96. The van der Waals surface area contributed by atoms with Crippen LogP contribution in [0, 0.1) is 6.92 Å². The lowest BCUT2D eigenvalue weighted by Crippen LogP contribution is -3.27. The largest absolute Gasteiger partial charge is 0.507 e. The van der Waals surface area contributed by atoms with Gasteiger partial charge in [-0.3, -0.25) is 0 Å². The summed E-state index contributed by atoms with van der Waals surface area (Å²) in [7, 11) is 3.35. The van der Waals surface area contributed by atoms with E-state index in [0.717, 1.165) is 62.1 Å². The number of ether oxygens (including phenoxy) is 4. The first-order chi connectivity index (χ1) is 14.1. The minimum Gasteiger partial charge on any atom is -0.507 e. The van der Waals surface area contributed by atoms with Crippen molar-refractivity contribution in [3.8, 4) is 28.7 Å². The molecule has 0 amide bonds. The Morgan fingerprint density at radius 2 is 1.38 bits per heavy atom. The molecule has 0 aliphatic carbocycles. The Morgan fingerprint density at radius 1 is 0.828 bits per heavy atom. The monoisotopic (exact) mass is 402 g/mol. The van der Waals surface area contributed by atoms with Gasteiger partial charge in [0.15, 0.2) is 23.0 Å². The summed E-state index contributed by atoms with van der Waals surface area (Å²) in [4.78, 5) is 3.05. The predicted octanol–water partition coefficient (Wildman–Crippen LogP) is -0.0699. The van der Waals surface area contributed by atoms with Crippen LogP contribution in [0.4, 0.5) is 0 Å². The van der Waals surface area contributed by atoms with Crippen LogP contribution >= 0.6 is 0 Å². The molecule has 1 fully saturated rings. The Morgan fingerprint density at radius 3 is 2.00 bits per heavy atom. The highest BCUT2D eigenvalue weighted by molar-refractivity contribution is 5.51. The second-order valence-electron chi connectivity index (χ2n) is 7.82. The number of phenolic OH excluding ortho intramolecular Hbond substituents is 1. The molecule has 2 heterocycles. The van der Waals surface area contributed by atoms with Gasteiger partial charge in [0.05, 0.1) is 19.8 Å². The molecule has 3 N–H and O–H groups in total. The van der Waals surface area contributed by atoms with Gasteiger partial charge in [-0.05, 0) is 30.7 Å². The maximum Gasteiger partial charge on any atom is 0.231 e. The lowest BCUT2D eigenvalue weighted by molar-refractivity contribution is -1.02. The predicted molar refractivity (Wildman–Crippen MR) is 107 cm³/mol. The molecule has 0 bridgehead atoms. The fourth-order valence-electron chi connectivity index (χ4n) is 4.18.